The predicted molar refractivity (Wildman–Crippen MR) is 50.2 cm³/mol. The van der Waals surface area contributed by atoms with Gasteiger partial charge in [0.2, 0.25) is 0 Å². The first-order chi connectivity index (χ1) is 5.95. The molecule has 58 valence electrons. The molecule has 2 N–H and O–H groups in total. The van der Waals surface area contributed by atoms with Crippen molar-refractivity contribution in [2.75, 3.05) is 0 Å². The summed E-state index contributed by atoms with van der Waals surface area (Å²) in [7, 11) is 0. The van der Waals surface area contributed by atoms with Crippen LogP contribution < -0.4 is 0 Å². The van der Waals surface area contributed by atoms with E-state index in [1.807, 2.05) is 12.3 Å². The van der Waals surface area contributed by atoms with Crippen LogP contribution in [0.5, 0.6) is 0 Å². The molecule has 1 aromatic carbocycles. The summed E-state index contributed by atoms with van der Waals surface area (Å²) in [6, 6.07) is 10.4. The quantitative estimate of drug-likeness (QED) is 0.501. The molecule has 0 radical (unpaired) electrons. The van der Waals surface area contributed by atoms with Gasteiger partial charge in [-0.25, -0.2) is 0 Å². The molecular formula is C10H8N2. The van der Waals surface area contributed by atoms with E-state index in [2.05, 4.69) is 34.2 Å². The lowest BCUT2D eigenvalue weighted by atomic mass is 10.2. The van der Waals surface area contributed by atoms with Gasteiger partial charge in [-0.2, -0.15) is 0 Å². The number of hydrogen-bond acceptors (Lipinski definition) is 0. The molecule has 3 aromatic rings. The molecule has 0 fully saturated rings. The van der Waals surface area contributed by atoms with E-state index in [0.29, 0.717) is 0 Å². The van der Waals surface area contributed by atoms with Gasteiger partial charge in [0.25, 0.3) is 0 Å². The van der Waals surface area contributed by atoms with Crippen molar-refractivity contribution < 1.29 is 0 Å². The summed E-state index contributed by atoms with van der Waals surface area (Å²) in [5.74, 6) is 0. The summed E-state index contributed by atoms with van der Waals surface area (Å²) in [6.07, 6.45) is 1.95. The molecule has 0 bridgehead atoms. The zero-order valence-electron chi connectivity index (χ0n) is 6.46. The molecule has 0 saturated heterocycles. The van der Waals surface area contributed by atoms with Crippen molar-refractivity contribution >= 4 is 21.9 Å². The van der Waals surface area contributed by atoms with Crippen LogP contribution in [0.2, 0.25) is 0 Å². The van der Waals surface area contributed by atoms with E-state index in [9.17, 15) is 0 Å². The first kappa shape index (κ1) is 5.89. The van der Waals surface area contributed by atoms with Crippen LogP contribution in [-0.4, -0.2) is 9.97 Å². The zero-order valence-corrected chi connectivity index (χ0v) is 6.46. The van der Waals surface area contributed by atoms with Crippen molar-refractivity contribution in [3.05, 3.63) is 36.5 Å². The van der Waals surface area contributed by atoms with Gasteiger partial charge >= 0.3 is 0 Å². The molecule has 0 spiro atoms. The van der Waals surface area contributed by atoms with Gasteiger partial charge in [-0.3, -0.25) is 0 Å². The maximum absolute atomic E-state index is 3.30. The average Bonchev–Trinajstić information content (AvgIpc) is 2.62. The van der Waals surface area contributed by atoms with E-state index in [1.54, 1.807) is 0 Å². The number of fused-ring (bicyclic) bond motifs is 3. The third-order valence-corrected chi connectivity index (χ3v) is 2.22. The van der Waals surface area contributed by atoms with Crippen molar-refractivity contribution in [2.24, 2.45) is 0 Å². The predicted octanol–water partition coefficient (Wildman–Crippen LogP) is 2.65. The Balaban J connectivity index is 2.68. The van der Waals surface area contributed by atoms with Gasteiger partial charge in [-0.05, 0) is 12.1 Å². The number of H-pyrrole nitrogens is 2. The Kier molecular flexibility index (Phi) is 0.939. The van der Waals surface area contributed by atoms with Crippen LogP contribution in [0.1, 0.15) is 0 Å². The number of aromatic nitrogens is 2. The van der Waals surface area contributed by atoms with E-state index in [4.69, 9.17) is 0 Å². The van der Waals surface area contributed by atoms with E-state index in [1.165, 1.54) is 16.3 Å². The van der Waals surface area contributed by atoms with Crippen molar-refractivity contribution in [2.45, 2.75) is 0 Å². The van der Waals surface area contributed by atoms with E-state index < -0.39 is 0 Å². The molecule has 0 aliphatic heterocycles. The molecule has 0 unspecified atom stereocenters. The lowest BCUT2D eigenvalue weighted by Gasteiger charge is -1.85. The Labute approximate surface area is 69.2 Å². The van der Waals surface area contributed by atoms with Crippen LogP contribution in [0.3, 0.4) is 0 Å². The normalized spacial score (nSPS) is 11.3. The molecule has 0 atom stereocenters. The Hall–Kier alpha value is -1.70. The van der Waals surface area contributed by atoms with Crippen LogP contribution in [0, 0.1) is 0 Å². The number of nitrogens with one attached hydrogen (secondary N) is 2. The SMILES string of the molecule is c1ccc2c(c1)[nH]c1[nH]ccc12. The molecule has 0 amide bonds. The molecule has 2 heterocycles. The molecule has 2 nitrogen and oxygen atoms in total. The van der Waals surface area contributed by atoms with Crippen LogP contribution >= 0.6 is 0 Å². The fraction of sp³-hybridized carbons (Fsp3) is 0. The Morgan fingerprint density at radius 2 is 1.83 bits per heavy atom. The largest absolute Gasteiger partial charge is 0.348 e. The van der Waals surface area contributed by atoms with Crippen LogP contribution in [0.4, 0.5) is 0 Å². The second kappa shape index (κ2) is 1.91. The van der Waals surface area contributed by atoms with Crippen molar-refractivity contribution in [1.82, 2.24) is 9.97 Å². The molecule has 0 aliphatic carbocycles. The van der Waals surface area contributed by atoms with E-state index in [-0.39, 0.29) is 0 Å². The number of hydrogen-bond donors (Lipinski definition) is 2. The van der Waals surface area contributed by atoms with Crippen molar-refractivity contribution in [1.29, 1.82) is 0 Å². The molecule has 3 rings (SSSR count). The minimum absolute atomic E-state index is 1.11. The molecule has 2 heteroatoms. The van der Waals surface area contributed by atoms with Gasteiger partial charge in [0.1, 0.15) is 5.65 Å². The Bertz CT molecular complexity index is 530. The minimum Gasteiger partial charge on any atom is -0.348 e. The van der Waals surface area contributed by atoms with Crippen molar-refractivity contribution in [3.63, 3.8) is 0 Å². The van der Waals surface area contributed by atoms with Gasteiger partial charge in [0.15, 0.2) is 0 Å². The average molecular weight is 156 g/mol. The number of aromatic amines is 2. The third kappa shape index (κ3) is 0.593. The lowest BCUT2D eigenvalue weighted by molar-refractivity contribution is 1.38. The second-order valence-corrected chi connectivity index (χ2v) is 2.94. The minimum atomic E-state index is 1.11. The maximum Gasteiger partial charge on any atom is 0.115 e. The summed E-state index contributed by atoms with van der Waals surface area (Å²) in [5, 5.41) is 2.55. The maximum atomic E-state index is 3.30. The van der Waals surface area contributed by atoms with Gasteiger partial charge in [0, 0.05) is 22.5 Å². The highest BCUT2D eigenvalue weighted by Gasteiger charge is 2.01. The highest BCUT2D eigenvalue weighted by atomic mass is 14.9. The van der Waals surface area contributed by atoms with Gasteiger partial charge in [0.05, 0.1) is 0 Å². The summed E-state index contributed by atoms with van der Waals surface area (Å²) in [5.41, 5.74) is 2.30. The molecule has 2 aromatic heterocycles. The van der Waals surface area contributed by atoms with Crippen LogP contribution in [0.15, 0.2) is 36.5 Å². The van der Waals surface area contributed by atoms with Gasteiger partial charge in [-0.15, -0.1) is 0 Å². The molecular weight excluding hydrogens is 148 g/mol. The summed E-state index contributed by atoms with van der Waals surface area (Å²) in [6.45, 7) is 0. The fourth-order valence-corrected chi connectivity index (χ4v) is 1.66. The first-order valence-corrected chi connectivity index (χ1v) is 3.99. The second-order valence-electron chi connectivity index (χ2n) is 2.94. The smallest absolute Gasteiger partial charge is 0.115 e. The highest BCUT2D eigenvalue weighted by Crippen LogP contribution is 2.23. The number of rotatable bonds is 0. The third-order valence-electron chi connectivity index (χ3n) is 2.22. The lowest BCUT2D eigenvalue weighted by Crippen LogP contribution is -1.65. The monoisotopic (exact) mass is 156 g/mol. The topological polar surface area (TPSA) is 31.6 Å². The highest BCUT2D eigenvalue weighted by molar-refractivity contribution is 6.05. The van der Waals surface area contributed by atoms with Crippen LogP contribution in [0.25, 0.3) is 21.9 Å². The molecule has 0 aliphatic rings. The summed E-state index contributed by atoms with van der Waals surface area (Å²) in [4.78, 5) is 6.46. The van der Waals surface area contributed by atoms with Crippen molar-refractivity contribution in [3.8, 4) is 0 Å². The van der Waals surface area contributed by atoms with E-state index in [0.717, 1.165) is 5.65 Å². The summed E-state index contributed by atoms with van der Waals surface area (Å²) >= 11 is 0. The standard InChI is InChI=1S/C10H8N2/c1-2-4-9-7(3-1)8-5-6-11-10(8)12-9/h1-6,11-12H. The molecule has 0 saturated carbocycles. The number of para-hydroxylation sites is 1. The van der Waals surface area contributed by atoms with Gasteiger partial charge < -0.3 is 9.97 Å². The summed E-state index contributed by atoms with van der Waals surface area (Å²) < 4.78 is 0. The molecule has 12 heavy (non-hydrogen) atoms. The fourth-order valence-electron chi connectivity index (χ4n) is 1.66. The van der Waals surface area contributed by atoms with Crippen LogP contribution in [-0.2, 0) is 0 Å². The van der Waals surface area contributed by atoms with E-state index >= 15 is 0 Å². The zero-order chi connectivity index (χ0) is 7.97. The Morgan fingerprint density at radius 3 is 2.83 bits per heavy atom. The first-order valence-electron chi connectivity index (χ1n) is 3.99. The van der Waals surface area contributed by atoms with Gasteiger partial charge in [-0.1, -0.05) is 18.2 Å². The number of benzene rings is 1. The Morgan fingerprint density at radius 1 is 0.917 bits per heavy atom.